The number of nitrogens with one attached hydrogen (secondary N) is 1. The van der Waals surface area contributed by atoms with E-state index in [9.17, 15) is 26.4 Å². The van der Waals surface area contributed by atoms with Crippen molar-refractivity contribution in [1.82, 2.24) is 0 Å². The zero-order chi connectivity index (χ0) is 27.3. The number of aryl methyl sites for hydroxylation is 1. The van der Waals surface area contributed by atoms with Crippen LogP contribution >= 0.6 is 0 Å². The molecule has 38 heavy (non-hydrogen) atoms. The van der Waals surface area contributed by atoms with Crippen LogP contribution in [0, 0.1) is 6.92 Å². The highest BCUT2D eigenvalue weighted by Crippen LogP contribution is 2.33. The zero-order valence-electron chi connectivity index (χ0n) is 20.1. The van der Waals surface area contributed by atoms with E-state index in [4.69, 9.17) is 4.74 Å². The molecule has 6 nitrogen and oxygen atoms in total. The molecule has 0 saturated heterocycles. The maximum absolute atomic E-state index is 13.5. The molecule has 0 aliphatic rings. The Bertz CT molecular complexity index is 1510. The van der Waals surface area contributed by atoms with Crippen LogP contribution in [-0.4, -0.2) is 20.9 Å². The van der Waals surface area contributed by atoms with Gasteiger partial charge >= 0.3 is 6.18 Å². The third kappa shape index (κ3) is 6.51. The maximum Gasteiger partial charge on any atom is 0.416 e. The van der Waals surface area contributed by atoms with Gasteiger partial charge in [0.2, 0.25) is 5.91 Å². The molecule has 196 valence electrons. The number of ether oxygens (including phenoxy) is 1. The van der Waals surface area contributed by atoms with Gasteiger partial charge in [0.05, 0.1) is 16.1 Å². The summed E-state index contributed by atoms with van der Waals surface area (Å²) < 4.78 is 73.4. The number of carbonyl (C=O) groups excluding carboxylic acids is 1. The number of carbonyl (C=O) groups is 1. The minimum Gasteiger partial charge on any atom is -0.457 e. The largest absolute Gasteiger partial charge is 0.457 e. The molecule has 0 aliphatic carbocycles. The van der Waals surface area contributed by atoms with Gasteiger partial charge in [-0.25, -0.2) is 8.42 Å². The van der Waals surface area contributed by atoms with Gasteiger partial charge in [-0.05, 0) is 73.7 Å². The number of para-hydroxylation sites is 1. The summed E-state index contributed by atoms with van der Waals surface area (Å²) in [6.45, 7) is 1.02. The first-order valence-corrected chi connectivity index (χ1v) is 12.9. The normalized spacial score (nSPS) is 11.6. The molecule has 0 bridgehead atoms. The van der Waals surface area contributed by atoms with Gasteiger partial charge in [-0.3, -0.25) is 9.10 Å². The first kappa shape index (κ1) is 26.7. The van der Waals surface area contributed by atoms with Crippen LogP contribution in [0.4, 0.5) is 24.5 Å². The van der Waals surface area contributed by atoms with Crippen molar-refractivity contribution in [2.75, 3.05) is 16.2 Å². The van der Waals surface area contributed by atoms with Crippen molar-refractivity contribution < 1.29 is 31.1 Å². The van der Waals surface area contributed by atoms with Crippen LogP contribution in [0.25, 0.3) is 0 Å². The Hall–Kier alpha value is -4.31. The van der Waals surface area contributed by atoms with Crippen LogP contribution in [0.3, 0.4) is 0 Å². The number of amides is 1. The number of alkyl halides is 3. The van der Waals surface area contributed by atoms with Gasteiger partial charge in [0.1, 0.15) is 18.0 Å². The SMILES string of the molecule is Cc1ccc(S(=O)(=O)N(CC(=O)Nc2ccc(Oc3ccccc3)cc2)c2cccc(C(F)(F)F)c2)cc1. The second-order valence-corrected chi connectivity index (χ2v) is 10.2. The third-order valence-electron chi connectivity index (χ3n) is 5.47. The van der Waals surface area contributed by atoms with E-state index in [1.807, 2.05) is 18.2 Å². The Morgan fingerprint density at radius 3 is 2.11 bits per heavy atom. The van der Waals surface area contributed by atoms with Gasteiger partial charge in [0.25, 0.3) is 10.0 Å². The minimum atomic E-state index is -4.69. The molecular formula is C28H23F3N2O4S. The summed E-state index contributed by atoms with van der Waals surface area (Å²) in [5.74, 6) is 0.402. The van der Waals surface area contributed by atoms with Crippen molar-refractivity contribution in [3.63, 3.8) is 0 Å². The van der Waals surface area contributed by atoms with Gasteiger partial charge in [-0.1, -0.05) is 42.0 Å². The number of nitrogens with zero attached hydrogens (tertiary/aromatic N) is 1. The molecule has 0 unspecified atom stereocenters. The van der Waals surface area contributed by atoms with Crippen LogP contribution < -0.4 is 14.4 Å². The second kappa shape index (κ2) is 11.0. The molecule has 0 radical (unpaired) electrons. The zero-order valence-corrected chi connectivity index (χ0v) is 21.0. The summed E-state index contributed by atoms with van der Waals surface area (Å²) in [6.07, 6.45) is -4.69. The van der Waals surface area contributed by atoms with E-state index in [0.717, 1.165) is 17.7 Å². The van der Waals surface area contributed by atoms with E-state index in [1.165, 1.54) is 18.2 Å². The Balaban J connectivity index is 1.58. The molecule has 1 amide bonds. The summed E-state index contributed by atoms with van der Waals surface area (Å²) in [6, 6.07) is 25.1. The number of halogens is 3. The lowest BCUT2D eigenvalue weighted by Crippen LogP contribution is -2.38. The van der Waals surface area contributed by atoms with E-state index in [-0.39, 0.29) is 10.6 Å². The topological polar surface area (TPSA) is 75.7 Å². The minimum absolute atomic E-state index is 0.157. The summed E-state index contributed by atoms with van der Waals surface area (Å²) in [5.41, 5.74) is -0.171. The van der Waals surface area contributed by atoms with Crippen molar-refractivity contribution in [3.8, 4) is 11.5 Å². The lowest BCUT2D eigenvalue weighted by molar-refractivity contribution is -0.137. The number of hydrogen-bond donors (Lipinski definition) is 1. The average Bonchev–Trinajstić information content (AvgIpc) is 2.89. The molecule has 0 heterocycles. The predicted molar refractivity (Wildman–Crippen MR) is 139 cm³/mol. The smallest absolute Gasteiger partial charge is 0.416 e. The molecular weight excluding hydrogens is 517 g/mol. The number of sulfonamides is 1. The van der Waals surface area contributed by atoms with Crippen molar-refractivity contribution in [2.45, 2.75) is 18.0 Å². The maximum atomic E-state index is 13.5. The molecule has 0 saturated carbocycles. The number of rotatable bonds is 8. The van der Waals surface area contributed by atoms with Crippen molar-refractivity contribution in [2.24, 2.45) is 0 Å². The van der Waals surface area contributed by atoms with E-state index in [0.29, 0.717) is 27.6 Å². The lowest BCUT2D eigenvalue weighted by Gasteiger charge is -2.25. The first-order chi connectivity index (χ1) is 18.0. The quantitative estimate of drug-likeness (QED) is 0.272. The molecule has 0 spiro atoms. The lowest BCUT2D eigenvalue weighted by atomic mass is 10.2. The summed E-state index contributed by atoms with van der Waals surface area (Å²) >= 11 is 0. The van der Waals surface area contributed by atoms with Gasteiger partial charge in [0.15, 0.2) is 0 Å². The van der Waals surface area contributed by atoms with E-state index in [2.05, 4.69) is 5.32 Å². The Morgan fingerprint density at radius 2 is 1.47 bits per heavy atom. The molecule has 0 atom stereocenters. The van der Waals surface area contributed by atoms with Crippen molar-refractivity contribution in [3.05, 3.63) is 114 Å². The molecule has 10 heteroatoms. The molecule has 0 aliphatic heterocycles. The molecule has 4 rings (SSSR count). The van der Waals surface area contributed by atoms with E-state index < -0.39 is 34.2 Å². The highest BCUT2D eigenvalue weighted by atomic mass is 32.2. The number of anilines is 2. The van der Waals surface area contributed by atoms with Crippen LogP contribution in [-0.2, 0) is 21.0 Å². The van der Waals surface area contributed by atoms with Crippen LogP contribution in [0.15, 0.2) is 108 Å². The van der Waals surface area contributed by atoms with Crippen LogP contribution in [0.1, 0.15) is 11.1 Å². The van der Waals surface area contributed by atoms with E-state index >= 15 is 0 Å². The van der Waals surface area contributed by atoms with E-state index in [1.54, 1.807) is 55.5 Å². The van der Waals surface area contributed by atoms with Gasteiger partial charge in [-0.2, -0.15) is 13.2 Å². The Morgan fingerprint density at radius 1 is 0.842 bits per heavy atom. The second-order valence-electron chi connectivity index (χ2n) is 8.36. The third-order valence-corrected chi connectivity index (χ3v) is 7.26. The molecule has 0 fully saturated rings. The highest BCUT2D eigenvalue weighted by Gasteiger charge is 2.33. The van der Waals surface area contributed by atoms with Crippen LogP contribution in [0.2, 0.25) is 0 Å². The Kier molecular flexibility index (Phi) is 7.72. The summed E-state index contributed by atoms with van der Waals surface area (Å²) in [5, 5.41) is 2.59. The summed E-state index contributed by atoms with van der Waals surface area (Å²) in [7, 11) is -4.38. The van der Waals surface area contributed by atoms with Crippen LogP contribution in [0.5, 0.6) is 11.5 Å². The first-order valence-electron chi connectivity index (χ1n) is 11.4. The monoisotopic (exact) mass is 540 g/mol. The molecule has 0 aromatic heterocycles. The van der Waals surface area contributed by atoms with Gasteiger partial charge in [0, 0.05) is 5.69 Å². The fraction of sp³-hybridized carbons (Fsp3) is 0.107. The Labute approximate surface area is 218 Å². The van der Waals surface area contributed by atoms with Gasteiger partial charge in [-0.15, -0.1) is 0 Å². The summed E-state index contributed by atoms with van der Waals surface area (Å²) in [4.78, 5) is 12.8. The van der Waals surface area contributed by atoms with Crippen molar-refractivity contribution >= 4 is 27.3 Å². The number of hydrogen-bond acceptors (Lipinski definition) is 4. The fourth-order valence-corrected chi connectivity index (χ4v) is 4.96. The molecule has 1 N–H and O–H groups in total. The average molecular weight is 541 g/mol. The molecule has 4 aromatic rings. The predicted octanol–water partition coefficient (Wildman–Crippen LogP) is 6.64. The fourth-order valence-electron chi connectivity index (χ4n) is 3.55. The standard InChI is InChI=1S/C28H23F3N2O4S/c1-20-10-16-26(17-11-20)38(35,36)33(23-7-5-6-21(18-23)28(29,30)31)19-27(34)32-22-12-14-25(15-13-22)37-24-8-3-2-4-9-24/h2-18H,19H2,1H3,(H,32,34). The highest BCUT2D eigenvalue weighted by molar-refractivity contribution is 7.92. The van der Waals surface area contributed by atoms with Gasteiger partial charge < -0.3 is 10.1 Å². The van der Waals surface area contributed by atoms with Crippen molar-refractivity contribution in [1.29, 1.82) is 0 Å². The molecule has 4 aromatic carbocycles. The number of benzene rings is 4.